The van der Waals surface area contributed by atoms with Gasteiger partial charge < -0.3 is 4.57 Å². The van der Waals surface area contributed by atoms with Crippen molar-refractivity contribution in [3.63, 3.8) is 0 Å². The molecule has 0 unspecified atom stereocenters. The van der Waals surface area contributed by atoms with Crippen LogP contribution in [-0.4, -0.2) is 14.5 Å². The van der Waals surface area contributed by atoms with Crippen LogP contribution in [0.4, 0.5) is 0 Å². The SMILES string of the molecule is c1ccc(-c2ccc3c(c2)c2c(-c4nc(-c5ccccc5)c5sc6ccccc6c5n4)cccc2n3-c2ccc3c4ccccc4c4ccccc4c3c2)cc1. The average molecular weight is 730 g/mol. The zero-order valence-electron chi connectivity index (χ0n) is 30.1. The lowest BCUT2D eigenvalue weighted by molar-refractivity contribution is 1.18. The van der Waals surface area contributed by atoms with Crippen molar-refractivity contribution in [2.75, 3.05) is 0 Å². The molecule has 0 spiro atoms. The fourth-order valence-electron chi connectivity index (χ4n) is 8.88. The maximum atomic E-state index is 5.45. The van der Waals surface area contributed by atoms with E-state index in [4.69, 9.17) is 9.97 Å². The lowest BCUT2D eigenvalue weighted by Gasteiger charge is -2.14. The van der Waals surface area contributed by atoms with Crippen molar-refractivity contribution < 1.29 is 0 Å². The average Bonchev–Trinajstić information content (AvgIpc) is 3.82. The van der Waals surface area contributed by atoms with Crippen molar-refractivity contribution in [3.8, 4) is 39.5 Å². The van der Waals surface area contributed by atoms with Crippen LogP contribution in [-0.2, 0) is 0 Å². The first-order valence-corrected chi connectivity index (χ1v) is 19.8. The van der Waals surface area contributed by atoms with E-state index in [2.05, 4.69) is 193 Å². The predicted molar refractivity (Wildman–Crippen MR) is 238 cm³/mol. The van der Waals surface area contributed by atoms with E-state index in [-0.39, 0.29) is 0 Å². The smallest absolute Gasteiger partial charge is 0.161 e. The summed E-state index contributed by atoms with van der Waals surface area (Å²) < 4.78 is 4.76. The van der Waals surface area contributed by atoms with Crippen LogP contribution in [0, 0.1) is 0 Å². The molecule has 0 fully saturated rings. The summed E-state index contributed by atoms with van der Waals surface area (Å²) in [6, 6.07) is 67.9. The topological polar surface area (TPSA) is 30.7 Å². The van der Waals surface area contributed by atoms with Gasteiger partial charge in [0.25, 0.3) is 0 Å². The molecule has 0 saturated heterocycles. The molecule has 260 valence electrons. The lowest BCUT2D eigenvalue weighted by atomic mass is 9.94. The Labute approximate surface area is 326 Å². The van der Waals surface area contributed by atoms with Crippen LogP contribution >= 0.6 is 11.3 Å². The Balaban J connectivity index is 1.19. The van der Waals surface area contributed by atoms with Crippen LogP contribution in [0.2, 0.25) is 0 Å². The first kappa shape index (κ1) is 31.2. The van der Waals surface area contributed by atoms with Gasteiger partial charge in [-0.05, 0) is 79.8 Å². The summed E-state index contributed by atoms with van der Waals surface area (Å²) >= 11 is 1.77. The summed E-state index contributed by atoms with van der Waals surface area (Å²) in [4.78, 5) is 10.9. The summed E-state index contributed by atoms with van der Waals surface area (Å²) in [6.07, 6.45) is 0. The number of thiophene rings is 1. The molecular formula is C52H31N3S. The Bertz CT molecular complexity index is 3490. The van der Waals surface area contributed by atoms with Gasteiger partial charge in [-0.2, -0.15) is 0 Å². The Kier molecular flexibility index (Phi) is 6.80. The van der Waals surface area contributed by atoms with E-state index in [0.29, 0.717) is 0 Å². The number of fused-ring (bicyclic) bond motifs is 12. The standard InChI is InChI=1S/C52H31N3S/c1-3-14-32(15-4-1)34-26-29-45-44(30-34)48-42(52-53-49(33-16-5-2-6-17-33)51-50(54-52)41-22-11-12-25-47(41)56-51)23-13-24-46(48)55(45)35-27-28-40-38-20-8-7-18-36(38)37-19-9-10-21-39(37)43(40)31-35/h1-31H. The quantitative estimate of drug-likeness (QED) is 0.169. The molecule has 0 N–H and O–H groups in total. The van der Waals surface area contributed by atoms with Gasteiger partial charge in [0.2, 0.25) is 0 Å². The van der Waals surface area contributed by atoms with Gasteiger partial charge in [-0.1, -0.05) is 152 Å². The first-order valence-electron chi connectivity index (χ1n) is 19.0. The van der Waals surface area contributed by atoms with Gasteiger partial charge >= 0.3 is 0 Å². The third-order valence-corrected chi connectivity index (χ3v) is 12.6. The maximum absolute atomic E-state index is 5.45. The molecule has 0 aliphatic carbocycles. The molecule has 12 aromatic rings. The van der Waals surface area contributed by atoms with Gasteiger partial charge in [0, 0.05) is 37.7 Å². The highest BCUT2D eigenvalue weighted by Crippen LogP contribution is 2.44. The van der Waals surface area contributed by atoms with Gasteiger partial charge in [-0.25, -0.2) is 9.97 Å². The highest BCUT2D eigenvalue weighted by atomic mass is 32.1. The minimum absolute atomic E-state index is 0.727. The van der Waals surface area contributed by atoms with Crippen molar-refractivity contribution in [2.24, 2.45) is 0 Å². The maximum Gasteiger partial charge on any atom is 0.161 e. The fraction of sp³-hybridized carbons (Fsp3) is 0. The second kappa shape index (κ2) is 12.2. The van der Waals surface area contributed by atoms with Gasteiger partial charge in [0.1, 0.15) is 0 Å². The molecule has 3 heterocycles. The lowest BCUT2D eigenvalue weighted by Crippen LogP contribution is -1.96. The second-order valence-corrected chi connectivity index (χ2v) is 15.5. The molecule has 0 amide bonds. The first-order chi connectivity index (χ1) is 27.8. The Morgan fingerprint density at radius 3 is 1.75 bits per heavy atom. The zero-order valence-corrected chi connectivity index (χ0v) is 31.0. The van der Waals surface area contributed by atoms with Crippen LogP contribution < -0.4 is 0 Å². The molecule has 3 aromatic heterocycles. The minimum atomic E-state index is 0.727. The van der Waals surface area contributed by atoms with Crippen LogP contribution in [0.5, 0.6) is 0 Å². The normalized spacial score (nSPS) is 11.9. The van der Waals surface area contributed by atoms with Gasteiger partial charge in [0.15, 0.2) is 5.82 Å². The highest BCUT2D eigenvalue weighted by Gasteiger charge is 2.22. The van der Waals surface area contributed by atoms with E-state index in [1.807, 2.05) is 0 Å². The molecule has 0 aliphatic heterocycles. The molecule has 0 bridgehead atoms. The van der Waals surface area contributed by atoms with Crippen LogP contribution in [0.25, 0.3) is 114 Å². The van der Waals surface area contributed by atoms with Crippen molar-refractivity contribution >= 4 is 85.8 Å². The molecular weight excluding hydrogens is 699 g/mol. The molecule has 56 heavy (non-hydrogen) atoms. The molecule has 3 nitrogen and oxygen atoms in total. The summed E-state index contributed by atoms with van der Waals surface area (Å²) in [6.45, 7) is 0. The van der Waals surface area contributed by atoms with Crippen molar-refractivity contribution in [3.05, 3.63) is 188 Å². The zero-order chi connectivity index (χ0) is 36.7. The second-order valence-electron chi connectivity index (χ2n) is 14.5. The van der Waals surface area contributed by atoms with Crippen LogP contribution in [0.1, 0.15) is 0 Å². The van der Waals surface area contributed by atoms with Crippen molar-refractivity contribution in [1.82, 2.24) is 14.5 Å². The molecule has 0 radical (unpaired) electrons. The third kappa shape index (κ3) is 4.63. The van der Waals surface area contributed by atoms with Gasteiger partial charge in [0.05, 0.1) is 26.9 Å². The van der Waals surface area contributed by atoms with E-state index in [1.165, 1.54) is 53.5 Å². The largest absolute Gasteiger partial charge is 0.309 e. The van der Waals surface area contributed by atoms with Crippen molar-refractivity contribution in [2.45, 2.75) is 0 Å². The van der Waals surface area contributed by atoms with Crippen LogP contribution in [0.3, 0.4) is 0 Å². The number of rotatable bonds is 4. The Morgan fingerprint density at radius 2 is 1.02 bits per heavy atom. The number of nitrogens with zero attached hydrogens (tertiary/aromatic N) is 3. The molecule has 4 heteroatoms. The van der Waals surface area contributed by atoms with E-state index in [0.717, 1.165) is 60.4 Å². The van der Waals surface area contributed by atoms with E-state index < -0.39 is 0 Å². The molecule has 9 aromatic carbocycles. The summed E-state index contributed by atoms with van der Waals surface area (Å²) in [5.41, 5.74) is 9.80. The van der Waals surface area contributed by atoms with E-state index >= 15 is 0 Å². The van der Waals surface area contributed by atoms with Crippen LogP contribution in [0.15, 0.2) is 188 Å². The molecule has 0 saturated carbocycles. The highest BCUT2D eigenvalue weighted by molar-refractivity contribution is 7.26. The predicted octanol–water partition coefficient (Wildman–Crippen LogP) is 14.4. The Hall–Kier alpha value is -7.14. The summed E-state index contributed by atoms with van der Waals surface area (Å²) in [5.74, 6) is 0.727. The van der Waals surface area contributed by atoms with Crippen molar-refractivity contribution in [1.29, 1.82) is 0 Å². The Morgan fingerprint density at radius 1 is 0.393 bits per heavy atom. The van der Waals surface area contributed by atoms with E-state index in [9.17, 15) is 0 Å². The fourth-order valence-corrected chi connectivity index (χ4v) is 10.0. The third-order valence-electron chi connectivity index (χ3n) is 11.4. The number of aromatic nitrogens is 3. The molecule has 0 atom stereocenters. The monoisotopic (exact) mass is 729 g/mol. The number of hydrogen-bond acceptors (Lipinski definition) is 3. The number of hydrogen-bond donors (Lipinski definition) is 0. The van der Waals surface area contributed by atoms with Gasteiger partial charge in [-0.3, -0.25) is 0 Å². The summed E-state index contributed by atoms with van der Waals surface area (Å²) in [5, 5.41) is 11.0. The molecule has 0 aliphatic rings. The van der Waals surface area contributed by atoms with E-state index in [1.54, 1.807) is 11.3 Å². The van der Waals surface area contributed by atoms with Gasteiger partial charge in [-0.15, -0.1) is 11.3 Å². The minimum Gasteiger partial charge on any atom is -0.309 e. The number of benzene rings is 9. The molecule has 12 rings (SSSR count). The summed E-state index contributed by atoms with van der Waals surface area (Å²) in [7, 11) is 0.